The number of hydrogen-bond donors (Lipinski definition) is 1. The highest BCUT2D eigenvalue weighted by Crippen LogP contribution is 2.28. The van der Waals surface area contributed by atoms with Crippen LogP contribution >= 0.6 is 38.9 Å². The predicted molar refractivity (Wildman–Crippen MR) is 86.8 cm³/mol. The van der Waals surface area contributed by atoms with Gasteiger partial charge in [-0.25, -0.2) is 13.1 Å². The third-order valence-electron chi connectivity index (χ3n) is 2.79. The molecule has 2 aromatic rings. The largest absolute Gasteiger partial charge is 0.250 e. The van der Waals surface area contributed by atoms with E-state index in [0.29, 0.717) is 15.7 Å². The Kier molecular flexibility index (Phi) is 5.25. The molecule has 108 valence electrons. The smallest absolute Gasteiger partial charge is 0.206 e. The predicted octanol–water partition coefficient (Wildman–Crippen LogP) is 4.59. The molecule has 0 spiro atoms. The monoisotopic (exact) mass is 393 g/mol. The Bertz CT molecular complexity index is 683. The molecule has 1 aromatic carbocycles. The minimum absolute atomic E-state index is 0.266. The summed E-state index contributed by atoms with van der Waals surface area (Å²) < 4.78 is 28.4. The lowest BCUT2D eigenvalue weighted by Crippen LogP contribution is -2.27. The Balaban J connectivity index is 2.24. The number of rotatable bonds is 5. The molecule has 3 nitrogen and oxygen atoms in total. The maximum atomic E-state index is 12.3. The van der Waals surface area contributed by atoms with Crippen LogP contribution in [0.4, 0.5) is 0 Å². The lowest BCUT2D eigenvalue weighted by molar-refractivity contribution is 0.552. The molecule has 0 fully saturated rings. The lowest BCUT2D eigenvalue weighted by atomic mass is 10.1. The van der Waals surface area contributed by atoms with Gasteiger partial charge in [0.1, 0.15) is 4.21 Å². The van der Waals surface area contributed by atoms with Gasteiger partial charge in [-0.15, -0.1) is 11.3 Å². The number of thiophene rings is 1. The van der Waals surface area contributed by atoms with Gasteiger partial charge in [0.2, 0.25) is 0 Å². The Morgan fingerprint density at radius 1 is 1.25 bits per heavy atom. The second kappa shape index (κ2) is 6.58. The van der Waals surface area contributed by atoms with Crippen LogP contribution in [0, 0.1) is 0 Å². The van der Waals surface area contributed by atoms with Crippen molar-refractivity contribution in [3.8, 4) is 0 Å². The van der Waals surface area contributed by atoms with E-state index in [0.717, 1.165) is 9.35 Å². The van der Waals surface area contributed by atoms with Gasteiger partial charge in [0.25, 0.3) is 10.0 Å². The summed E-state index contributed by atoms with van der Waals surface area (Å²) in [6.45, 7) is 1.94. The SMILES string of the molecule is CCC(NS(=O)(=O)c1ccc(Br)s1)c1ccc(Cl)cc1. The van der Waals surface area contributed by atoms with Crippen molar-refractivity contribution in [1.82, 2.24) is 4.72 Å². The third kappa shape index (κ3) is 3.83. The van der Waals surface area contributed by atoms with Crippen LogP contribution < -0.4 is 4.72 Å². The molecule has 1 unspecified atom stereocenters. The summed E-state index contributed by atoms with van der Waals surface area (Å²) in [5, 5.41) is 0.633. The van der Waals surface area contributed by atoms with E-state index in [1.807, 2.05) is 19.1 Å². The van der Waals surface area contributed by atoms with E-state index < -0.39 is 10.0 Å². The molecule has 1 atom stereocenters. The van der Waals surface area contributed by atoms with Gasteiger partial charge in [-0.3, -0.25) is 0 Å². The maximum absolute atomic E-state index is 12.3. The fourth-order valence-corrected chi connectivity index (χ4v) is 5.23. The van der Waals surface area contributed by atoms with Crippen LogP contribution in [0.5, 0.6) is 0 Å². The summed E-state index contributed by atoms with van der Waals surface area (Å²) >= 11 is 10.3. The first-order valence-corrected chi connectivity index (χ1v) is 9.42. The van der Waals surface area contributed by atoms with E-state index in [1.54, 1.807) is 24.3 Å². The summed E-state index contributed by atoms with van der Waals surface area (Å²) in [5.74, 6) is 0. The van der Waals surface area contributed by atoms with Crippen molar-refractivity contribution in [2.75, 3.05) is 0 Å². The van der Waals surface area contributed by atoms with Crippen molar-refractivity contribution >= 4 is 48.9 Å². The van der Waals surface area contributed by atoms with E-state index in [9.17, 15) is 8.42 Å². The Labute approximate surface area is 136 Å². The molecule has 0 radical (unpaired) electrons. The van der Waals surface area contributed by atoms with Gasteiger partial charge in [-0.05, 0) is 52.2 Å². The topological polar surface area (TPSA) is 46.2 Å². The molecular weight excluding hydrogens is 382 g/mol. The molecular formula is C13H13BrClNO2S2. The average molecular weight is 395 g/mol. The van der Waals surface area contributed by atoms with Crippen LogP contribution in [0.25, 0.3) is 0 Å². The number of benzene rings is 1. The van der Waals surface area contributed by atoms with Gasteiger partial charge >= 0.3 is 0 Å². The van der Waals surface area contributed by atoms with Crippen LogP contribution in [0.15, 0.2) is 44.4 Å². The average Bonchev–Trinajstić information content (AvgIpc) is 2.85. The zero-order chi connectivity index (χ0) is 14.8. The van der Waals surface area contributed by atoms with Crippen molar-refractivity contribution in [2.24, 2.45) is 0 Å². The third-order valence-corrected chi connectivity index (χ3v) is 6.63. The second-order valence-electron chi connectivity index (χ2n) is 4.19. The molecule has 1 aromatic heterocycles. The summed E-state index contributed by atoms with van der Waals surface area (Å²) in [7, 11) is -3.50. The van der Waals surface area contributed by atoms with Gasteiger partial charge in [0.05, 0.1) is 3.79 Å². The lowest BCUT2D eigenvalue weighted by Gasteiger charge is -2.17. The highest BCUT2D eigenvalue weighted by molar-refractivity contribution is 9.11. The molecule has 0 aliphatic rings. The van der Waals surface area contributed by atoms with Gasteiger partial charge < -0.3 is 0 Å². The summed E-state index contributed by atoms with van der Waals surface area (Å²) in [6.07, 6.45) is 0.660. The first kappa shape index (κ1) is 16.0. The van der Waals surface area contributed by atoms with E-state index in [2.05, 4.69) is 20.7 Å². The van der Waals surface area contributed by atoms with E-state index in [-0.39, 0.29) is 6.04 Å². The molecule has 2 rings (SSSR count). The van der Waals surface area contributed by atoms with Crippen LogP contribution in [-0.2, 0) is 10.0 Å². The maximum Gasteiger partial charge on any atom is 0.250 e. The molecule has 0 bridgehead atoms. The molecule has 20 heavy (non-hydrogen) atoms. The quantitative estimate of drug-likeness (QED) is 0.806. The molecule has 0 aliphatic carbocycles. The molecule has 0 saturated carbocycles. The normalized spacial score (nSPS) is 13.3. The minimum atomic E-state index is -3.50. The molecule has 0 saturated heterocycles. The zero-order valence-corrected chi connectivity index (χ0v) is 14.6. The highest BCUT2D eigenvalue weighted by Gasteiger charge is 2.21. The van der Waals surface area contributed by atoms with Gasteiger partial charge in [-0.2, -0.15) is 0 Å². The molecule has 0 amide bonds. The standard InChI is InChI=1S/C13H13BrClNO2S2/c1-2-11(9-3-5-10(15)6-4-9)16-20(17,18)13-8-7-12(14)19-13/h3-8,11,16H,2H2,1H3. The number of sulfonamides is 1. The van der Waals surface area contributed by atoms with Gasteiger partial charge in [-0.1, -0.05) is 30.7 Å². The summed E-state index contributed by atoms with van der Waals surface area (Å²) in [4.78, 5) is 0. The van der Waals surface area contributed by atoms with Crippen LogP contribution in [-0.4, -0.2) is 8.42 Å². The Hall–Kier alpha value is -0.400. The zero-order valence-electron chi connectivity index (χ0n) is 10.6. The van der Waals surface area contributed by atoms with Gasteiger partial charge in [0, 0.05) is 11.1 Å². The van der Waals surface area contributed by atoms with Crippen molar-refractivity contribution < 1.29 is 8.42 Å². The van der Waals surface area contributed by atoms with Gasteiger partial charge in [0.15, 0.2) is 0 Å². The molecule has 0 aliphatic heterocycles. The van der Waals surface area contributed by atoms with Crippen molar-refractivity contribution in [3.05, 3.63) is 50.8 Å². The Morgan fingerprint density at radius 2 is 1.90 bits per heavy atom. The minimum Gasteiger partial charge on any atom is -0.206 e. The van der Waals surface area contributed by atoms with E-state index in [4.69, 9.17) is 11.6 Å². The Morgan fingerprint density at radius 3 is 2.40 bits per heavy atom. The van der Waals surface area contributed by atoms with Crippen molar-refractivity contribution in [2.45, 2.75) is 23.6 Å². The van der Waals surface area contributed by atoms with Crippen molar-refractivity contribution in [1.29, 1.82) is 0 Å². The van der Waals surface area contributed by atoms with Crippen LogP contribution in [0.2, 0.25) is 5.02 Å². The highest BCUT2D eigenvalue weighted by atomic mass is 79.9. The second-order valence-corrected chi connectivity index (χ2v) is 9.03. The van der Waals surface area contributed by atoms with Crippen LogP contribution in [0.1, 0.15) is 24.9 Å². The van der Waals surface area contributed by atoms with Crippen LogP contribution in [0.3, 0.4) is 0 Å². The van der Waals surface area contributed by atoms with Crippen molar-refractivity contribution in [3.63, 3.8) is 0 Å². The van der Waals surface area contributed by atoms with E-state index in [1.165, 1.54) is 11.3 Å². The molecule has 1 heterocycles. The number of nitrogens with one attached hydrogen (secondary N) is 1. The van der Waals surface area contributed by atoms with E-state index >= 15 is 0 Å². The molecule has 1 N–H and O–H groups in total. The summed E-state index contributed by atoms with van der Waals surface area (Å²) in [6, 6.07) is 10.2. The fourth-order valence-electron chi connectivity index (χ4n) is 1.77. The first-order chi connectivity index (χ1) is 9.42. The molecule has 7 heteroatoms. The number of halogens is 2. The summed E-state index contributed by atoms with van der Waals surface area (Å²) in [5.41, 5.74) is 0.899. The fraction of sp³-hybridized carbons (Fsp3) is 0.231. The number of hydrogen-bond acceptors (Lipinski definition) is 3. The first-order valence-electron chi connectivity index (χ1n) is 5.95.